The molecule has 0 bridgehead atoms. The van der Waals surface area contributed by atoms with E-state index in [0.29, 0.717) is 11.0 Å². The summed E-state index contributed by atoms with van der Waals surface area (Å²) in [7, 11) is 3.49. The van der Waals surface area contributed by atoms with Gasteiger partial charge < -0.3 is 4.90 Å². The monoisotopic (exact) mass is 291 g/mol. The number of hydrogen-bond donors (Lipinski definition) is 0. The Bertz CT molecular complexity index is 703. The molecule has 7 heteroatoms. The Hall–Kier alpha value is -2.18. The van der Waals surface area contributed by atoms with Crippen LogP contribution in [0.1, 0.15) is 26.7 Å². The first-order valence-corrected chi connectivity index (χ1v) is 7.08. The topological polar surface area (TPSA) is 73.0 Å². The van der Waals surface area contributed by atoms with E-state index in [4.69, 9.17) is 0 Å². The van der Waals surface area contributed by atoms with Gasteiger partial charge in [0.15, 0.2) is 5.65 Å². The standard InChI is InChI=1S/C14H21N5O2/c1-5-6-10(2)17(3)12(20)8-19-9-15-13-11(14(19)21)7-16-18(13)4/h7,9-10H,5-6,8H2,1-4H3/t10-/m0/s1. The molecule has 0 N–H and O–H groups in total. The predicted molar refractivity (Wildman–Crippen MR) is 79.9 cm³/mol. The van der Waals surface area contributed by atoms with Crippen LogP contribution in [0.15, 0.2) is 17.3 Å². The third-order valence-corrected chi connectivity index (χ3v) is 3.78. The van der Waals surface area contributed by atoms with Gasteiger partial charge in [-0.25, -0.2) is 4.98 Å². The highest BCUT2D eigenvalue weighted by Gasteiger charge is 2.17. The summed E-state index contributed by atoms with van der Waals surface area (Å²) in [4.78, 5) is 30.4. The van der Waals surface area contributed by atoms with Crippen molar-refractivity contribution in [1.29, 1.82) is 0 Å². The number of carbonyl (C=O) groups excluding carboxylic acids is 1. The fourth-order valence-corrected chi connectivity index (χ4v) is 2.29. The molecule has 0 aliphatic rings. The first kappa shape index (κ1) is 15.2. The van der Waals surface area contributed by atoms with Gasteiger partial charge in [0.05, 0.1) is 6.20 Å². The van der Waals surface area contributed by atoms with Crippen LogP contribution in [-0.4, -0.2) is 43.2 Å². The molecule has 0 spiro atoms. The average molecular weight is 291 g/mol. The summed E-state index contributed by atoms with van der Waals surface area (Å²) in [6.07, 6.45) is 4.84. The van der Waals surface area contributed by atoms with E-state index in [1.807, 2.05) is 6.92 Å². The van der Waals surface area contributed by atoms with E-state index >= 15 is 0 Å². The van der Waals surface area contributed by atoms with Gasteiger partial charge in [-0.15, -0.1) is 0 Å². The van der Waals surface area contributed by atoms with Crippen LogP contribution in [-0.2, 0) is 18.4 Å². The molecule has 0 radical (unpaired) electrons. The second-order valence-electron chi connectivity index (χ2n) is 5.33. The third kappa shape index (κ3) is 2.96. The molecule has 2 heterocycles. The molecule has 2 aromatic rings. The lowest BCUT2D eigenvalue weighted by Gasteiger charge is -2.24. The molecule has 114 valence electrons. The summed E-state index contributed by atoms with van der Waals surface area (Å²) in [5, 5.41) is 4.44. The molecule has 1 amide bonds. The summed E-state index contributed by atoms with van der Waals surface area (Å²) in [6, 6.07) is 0.160. The molecule has 0 unspecified atom stereocenters. The van der Waals surface area contributed by atoms with Gasteiger partial charge in [-0.2, -0.15) is 5.10 Å². The third-order valence-electron chi connectivity index (χ3n) is 3.78. The van der Waals surface area contributed by atoms with Gasteiger partial charge in [0.2, 0.25) is 5.91 Å². The quantitative estimate of drug-likeness (QED) is 0.816. The van der Waals surface area contributed by atoms with E-state index in [1.165, 1.54) is 17.1 Å². The molecule has 7 nitrogen and oxygen atoms in total. The molecule has 2 rings (SSSR count). The van der Waals surface area contributed by atoms with Crippen LogP contribution in [0.2, 0.25) is 0 Å². The summed E-state index contributed by atoms with van der Waals surface area (Å²) in [5.41, 5.74) is 0.286. The van der Waals surface area contributed by atoms with Crippen molar-refractivity contribution in [2.45, 2.75) is 39.3 Å². The highest BCUT2D eigenvalue weighted by atomic mass is 16.2. The number of hydrogen-bond acceptors (Lipinski definition) is 4. The van der Waals surface area contributed by atoms with Crippen molar-refractivity contribution in [3.63, 3.8) is 0 Å². The van der Waals surface area contributed by atoms with E-state index in [2.05, 4.69) is 17.0 Å². The molecule has 0 fully saturated rings. The normalized spacial score (nSPS) is 12.6. The van der Waals surface area contributed by atoms with Crippen LogP contribution in [0.3, 0.4) is 0 Å². The van der Waals surface area contributed by atoms with Crippen molar-refractivity contribution >= 4 is 16.9 Å². The van der Waals surface area contributed by atoms with E-state index < -0.39 is 0 Å². The Morgan fingerprint density at radius 3 is 2.86 bits per heavy atom. The number of nitrogens with zero attached hydrogens (tertiary/aromatic N) is 5. The van der Waals surface area contributed by atoms with Crippen LogP contribution in [0.4, 0.5) is 0 Å². The van der Waals surface area contributed by atoms with Gasteiger partial charge in [0.25, 0.3) is 5.56 Å². The van der Waals surface area contributed by atoms with Gasteiger partial charge >= 0.3 is 0 Å². The summed E-state index contributed by atoms with van der Waals surface area (Å²) in [6.45, 7) is 4.09. The molecule has 2 aromatic heterocycles. The summed E-state index contributed by atoms with van der Waals surface area (Å²) >= 11 is 0. The summed E-state index contributed by atoms with van der Waals surface area (Å²) in [5.74, 6) is -0.0944. The smallest absolute Gasteiger partial charge is 0.264 e. The molecule has 0 aliphatic heterocycles. The number of fused-ring (bicyclic) bond motifs is 1. The second-order valence-corrected chi connectivity index (χ2v) is 5.33. The van der Waals surface area contributed by atoms with Crippen molar-refractivity contribution in [2.24, 2.45) is 7.05 Å². The second kappa shape index (κ2) is 6.07. The first-order chi connectivity index (χ1) is 9.95. The van der Waals surface area contributed by atoms with Gasteiger partial charge in [-0.05, 0) is 13.3 Å². The Morgan fingerprint density at radius 2 is 2.19 bits per heavy atom. The maximum atomic E-state index is 12.3. The molecule has 1 atom stereocenters. The van der Waals surface area contributed by atoms with E-state index in [1.54, 1.807) is 23.7 Å². The maximum absolute atomic E-state index is 12.3. The zero-order chi connectivity index (χ0) is 15.6. The Labute approximate surface area is 123 Å². The van der Waals surface area contributed by atoms with Gasteiger partial charge in [-0.1, -0.05) is 13.3 Å². The lowest BCUT2D eigenvalue weighted by molar-refractivity contribution is -0.132. The molecule has 0 aromatic carbocycles. The first-order valence-electron chi connectivity index (χ1n) is 7.08. The lowest BCUT2D eigenvalue weighted by atomic mass is 10.2. The fraction of sp³-hybridized carbons (Fsp3) is 0.571. The van der Waals surface area contributed by atoms with Gasteiger partial charge in [0, 0.05) is 20.1 Å². The average Bonchev–Trinajstić information content (AvgIpc) is 2.83. The highest BCUT2D eigenvalue weighted by molar-refractivity contribution is 5.77. The largest absolute Gasteiger partial charge is 0.342 e. The lowest BCUT2D eigenvalue weighted by Crippen LogP contribution is -2.39. The van der Waals surface area contributed by atoms with Crippen molar-refractivity contribution in [3.8, 4) is 0 Å². The van der Waals surface area contributed by atoms with Crippen LogP contribution >= 0.6 is 0 Å². The van der Waals surface area contributed by atoms with Crippen molar-refractivity contribution in [3.05, 3.63) is 22.9 Å². The minimum Gasteiger partial charge on any atom is -0.342 e. The Morgan fingerprint density at radius 1 is 1.48 bits per heavy atom. The minimum atomic E-state index is -0.238. The van der Waals surface area contributed by atoms with E-state index in [9.17, 15) is 9.59 Å². The van der Waals surface area contributed by atoms with Crippen molar-refractivity contribution in [2.75, 3.05) is 7.05 Å². The van der Waals surface area contributed by atoms with E-state index in [-0.39, 0.29) is 24.1 Å². The van der Waals surface area contributed by atoms with Crippen LogP contribution < -0.4 is 5.56 Å². The molecule has 0 saturated heterocycles. The minimum absolute atomic E-state index is 0.00121. The SMILES string of the molecule is CCC[C@H](C)N(C)C(=O)Cn1cnc2c(cnn2C)c1=O. The number of rotatable bonds is 5. The number of likely N-dealkylation sites (N-methyl/N-ethyl adjacent to an activating group) is 1. The molecular weight excluding hydrogens is 270 g/mol. The number of aryl methyl sites for hydroxylation is 1. The van der Waals surface area contributed by atoms with Crippen LogP contribution in [0.5, 0.6) is 0 Å². The Balaban J connectivity index is 2.22. The van der Waals surface area contributed by atoms with Gasteiger partial charge in [0.1, 0.15) is 18.3 Å². The highest BCUT2D eigenvalue weighted by Crippen LogP contribution is 2.06. The predicted octanol–water partition coefficient (Wildman–Crippen LogP) is 0.777. The van der Waals surface area contributed by atoms with Crippen molar-refractivity contribution in [1.82, 2.24) is 24.2 Å². The number of amides is 1. The van der Waals surface area contributed by atoms with Gasteiger partial charge in [-0.3, -0.25) is 18.8 Å². The zero-order valence-electron chi connectivity index (χ0n) is 12.9. The molecule has 0 saturated carbocycles. The molecule has 21 heavy (non-hydrogen) atoms. The van der Waals surface area contributed by atoms with Crippen LogP contribution in [0, 0.1) is 0 Å². The van der Waals surface area contributed by atoms with Crippen LogP contribution in [0.25, 0.3) is 11.0 Å². The number of aromatic nitrogens is 4. The molecular formula is C14H21N5O2. The Kier molecular flexibility index (Phi) is 4.40. The molecule has 0 aliphatic carbocycles. The zero-order valence-corrected chi connectivity index (χ0v) is 12.9. The van der Waals surface area contributed by atoms with E-state index in [0.717, 1.165) is 12.8 Å². The maximum Gasteiger partial charge on any atom is 0.264 e. The number of carbonyl (C=O) groups is 1. The fourth-order valence-electron chi connectivity index (χ4n) is 2.29. The van der Waals surface area contributed by atoms with Crippen molar-refractivity contribution < 1.29 is 4.79 Å². The summed E-state index contributed by atoms with van der Waals surface area (Å²) < 4.78 is 2.87.